The molecule has 0 saturated carbocycles. The van der Waals surface area contributed by atoms with E-state index in [0.717, 1.165) is 10.4 Å². The zero-order chi connectivity index (χ0) is 19.9. The molecule has 1 aromatic heterocycles. The molecule has 0 aliphatic heterocycles. The van der Waals surface area contributed by atoms with E-state index in [1.54, 1.807) is 37.6 Å². The third-order valence-corrected chi connectivity index (χ3v) is 5.34. The number of methoxy groups -OCH3 is 1. The van der Waals surface area contributed by atoms with Gasteiger partial charge in [-0.2, -0.15) is 0 Å². The van der Waals surface area contributed by atoms with Gasteiger partial charge in [-0.3, -0.25) is 4.79 Å². The number of carbonyl (C=O) groups excluding carboxylic acids is 1. The minimum absolute atomic E-state index is 0.170. The zero-order valence-corrected chi connectivity index (χ0v) is 17.4. The largest absolute Gasteiger partial charge is 0.493 e. The number of nitrogens with zero attached hydrogens (tertiary/aromatic N) is 1. The Balaban J connectivity index is 1.50. The number of hydrogen-bond donors (Lipinski definition) is 1. The molecule has 5 nitrogen and oxygen atoms in total. The molecule has 0 fully saturated rings. The van der Waals surface area contributed by atoms with Crippen LogP contribution in [-0.2, 0) is 11.2 Å². The van der Waals surface area contributed by atoms with Crippen LogP contribution in [0.4, 0.5) is 5.13 Å². The summed E-state index contributed by atoms with van der Waals surface area (Å²) in [5.74, 6) is 1.07. The van der Waals surface area contributed by atoms with Crippen LogP contribution in [0, 0.1) is 0 Å². The molecule has 3 aromatic rings. The van der Waals surface area contributed by atoms with Gasteiger partial charge >= 0.3 is 0 Å². The quantitative estimate of drug-likeness (QED) is 0.509. The average Bonchev–Trinajstić information content (AvgIpc) is 3.12. The van der Waals surface area contributed by atoms with E-state index in [9.17, 15) is 4.79 Å². The molecule has 1 heterocycles. The van der Waals surface area contributed by atoms with Crippen LogP contribution < -0.4 is 14.8 Å². The molecule has 0 unspecified atom stereocenters. The van der Waals surface area contributed by atoms with Crippen molar-refractivity contribution >= 4 is 45.6 Å². The monoisotopic (exact) mass is 436 g/mol. The summed E-state index contributed by atoms with van der Waals surface area (Å²) in [6.07, 6.45) is 2.53. The highest BCUT2D eigenvalue weighted by atomic mass is 35.5. The topological polar surface area (TPSA) is 60.5 Å². The van der Waals surface area contributed by atoms with Gasteiger partial charge in [0.15, 0.2) is 16.6 Å². The molecule has 0 saturated heterocycles. The van der Waals surface area contributed by atoms with Crippen LogP contribution in [0.1, 0.15) is 16.9 Å². The summed E-state index contributed by atoms with van der Waals surface area (Å²) in [5.41, 5.74) is 0.918. The highest BCUT2D eigenvalue weighted by Gasteiger charge is 2.10. The summed E-state index contributed by atoms with van der Waals surface area (Å²) in [6.45, 7) is 0.239. The van der Waals surface area contributed by atoms with Crippen LogP contribution in [0.3, 0.4) is 0 Å². The van der Waals surface area contributed by atoms with Gasteiger partial charge in [-0.05, 0) is 35.9 Å². The first-order valence-electron chi connectivity index (χ1n) is 8.49. The second-order valence-corrected chi connectivity index (χ2v) is 7.80. The molecule has 0 aliphatic rings. The van der Waals surface area contributed by atoms with Crippen molar-refractivity contribution < 1.29 is 14.3 Å². The molecule has 3 rings (SSSR count). The van der Waals surface area contributed by atoms with Gasteiger partial charge in [0, 0.05) is 27.5 Å². The molecule has 1 N–H and O–H groups in total. The lowest BCUT2D eigenvalue weighted by Crippen LogP contribution is -2.15. The Bertz CT molecular complexity index is 962. The number of thiazole rings is 1. The van der Waals surface area contributed by atoms with Gasteiger partial charge in [0.25, 0.3) is 0 Å². The zero-order valence-electron chi connectivity index (χ0n) is 15.1. The van der Waals surface area contributed by atoms with E-state index in [0.29, 0.717) is 33.1 Å². The number of para-hydroxylation sites is 2. The van der Waals surface area contributed by atoms with Gasteiger partial charge in [-0.15, -0.1) is 11.3 Å². The average molecular weight is 437 g/mol. The Hall–Kier alpha value is -2.28. The Morgan fingerprint density at radius 2 is 1.96 bits per heavy atom. The molecule has 146 valence electrons. The Kier molecular flexibility index (Phi) is 7.14. The van der Waals surface area contributed by atoms with E-state index in [1.807, 2.05) is 18.2 Å². The van der Waals surface area contributed by atoms with Crippen molar-refractivity contribution in [3.05, 3.63) is 69.1 Å². The Labute approximate surface area is 177 Å². The van der Waals surface area contributed by atoms with E-state index >= 15 is 0 Å². The molecular formula is C20H18Cl2N2O3S. The second kappa shape index (κ2) is 9.78. The van der Waals surface area contributed by atoms with Crippen molar-refractivity contribution in [3.63, 3.8) is 0 Å². The Morgan fingerprint density at radius 1 is 1.18 bits per heavy atom. The van der Waals surface area contributed by atoms with Crippen molar-refractivity contribution in [1.29, 1.82) is 0 Å². The predicted octanol–water partition coefficient (Wildman–Crippen LogP) is 5.46. The fraction of sp³-hybridized carbons (Fsp3) is 0.200. The molecule has 8 heteroatoms. The van der Waals surface area contributed by atoms with E-state index in [2.05, 4.69) is 10.3 Å². The van der Waals surface area contributed by atoms with Crippen LogP contribution in [0.15, 0.2) is 48.7 Å². The van der Waals surface area contributed by atoms with Crippen LogP contribution in [-0.4, -0.2) is 24.6 Å². The number of benzene rings is 2. The fourth-order valence-electron chi connectivity index (χ4n) is 2.49. The number of anilines is 1. The highest BCUT2D eigenvalue weighted by molar-refractivity contribution is 7.15. The van der Waals surface area contributed by atoms with Crippen molar-refractivity contribution in [2.75, 3.05) is 19.0 Å². The number of carbonyl (C=O) groups is 1. The number of nitrogens with one attached hydrogen (secondary N) is 1. The third-order valence-electron chi connectivity index (χ3n) is 3.83. The fourth-order valence-corrected chi connectivity index (χ4v) is 3.72. The normalized spacial score (nSPS) is 10.5. The highest BCUT2D eigenvalue weighted by Crippen LogP contribution is 2.27. The SMILES string of the molecule is COc1ccccc1OCCC(=O)Nc1ncc(Cc2cc(Cl)ccc2Cl)s1. The second-order valence-electron chi connectivity index (χ2n) is 5.84. The van der Waals surface area contributed by atoms with Crippen molar-refractivity contribution in [2.45, 2.75) is 12.8 Å². The molecule has 0 radical (unpaired) electrons. The van der Waals surface area contributed by atoms with E-state index in [1.165, 1.54) is 11.3 Å². The first-order chi connectivity index (χ1) is 13.5. The number of ether oxygens (including phenoxy) is 2. The molecule has 0 bridgehead atoms. The first-order valence-corrected chi connectivity index (χ1v) is 10.1. The summed E-state index contributed by atoms with van der Waals surface area (Å²) < 4.78 is 10.8. The van der Waals surface area contributed by atoms with Crippen molar-refractivity contribution in [2.24, 2.45) is 0 Å². The van der Waals surface area contributed by atoms with Crippen LogP contribution in [0.2, 0.25) is 10.0 Å². The number of hydrogen-bond acceptors (Lipinski definition) is 5. The lowest BCUT2D eigenvalue weighted by atomic mass is 10.1. The first kappa shape index (κ1) is 20.5. The van der Waals surface area contributed by atoms with Gasteiger partial charge in [0.2, 0.25) is 5.91 Å². The molecule has 0 spiro atoms. The van der Waals surface area contributed by atoms with Crippen LogP contribution in [0.5, 0.6) is 11.5 Å². The van der Waals surface area contributed by atoms with E-state index in [-0.39, 0.29) is 18.9 Å². The van der Waals surface area contributed by atoms with Gasteiger partial charge in [0.05, 0.1) is 20.1 Å². The number of aromatic nitrogens is 1. The third kappa shape index (κ3) is 5.61. The Morgan fingerprint density at radius 3 is 2.75 bits per heavy atom. The lowest BCUT2D eigenvalue weighted by molar-refractivity contribution is -0.116. The number of rotatable bonds is 8. The molecule has 28 heavy (non-hydrogen) atoms. The molecule has 2 aromatic carbocycles. The van der Waals surface area contributed by atoms with E-state index in [4.69, 9.17) is 32.7 Å². The summed E-state index contributed by atoms with van der Waals surface area (Å²) >= 11 is 13.6. The maximum absolute atomic E-state index is 12.1. The molecule has 0 atom stereocenters. The maximum Gasteiger partial charge on any atom is 0.229 e. The number of amides is 1. The molecular weight excluding hydrogens is 419 g/mol. The molecule has 0 aliphatic carbocycles. The summed E-state index contributed by atoms with van der Waals surface area (Å²) in [7, 11) is 1.57. The predicted molar refractivity (Wildman–Crippen MR) is 113 cm³/mol. The van der Waals surface area contributed by atoms with Gasteiger partial charge in [0.1, 0.15) is 0 Å². The smallest absolute Gasteiger partial charge is 0.229 e. The minimum Gasteiger partial charge on any atom is -0.493 e. The van der Waals surface area contributed by atoms with Crippen molar-refractivity contribution in [1.82, 2.24) is 4.98 Å². The van der Waals surface area contributed by atoms with Gasteiger partial charge in [-0.25, -0.2) is 4.98 Å². The number of halogens is 2. The van der Waals surface area contributed by atoms with Crippen molar-refractivity contribution in [3.8, 4) is 11.5 Å². The van der Waals surface area contributed by atoms with Crippen LogP contribution >= 0.6 is 34.5 Å². The minimum atomic E-state index is -0.170. The standard InChI is InChI=1S/C20H18Cl2N2O3S/c1-26-17-4-2-3-5-18(17)27-9-8-19(25)24-20-23-12-15(28-20)11-13-10-14(21)6-7-16(13)22/h2-7,10,12H,8-9,11H2,1H3,(H,23,24,25). The van der Waals surface area contributed by atoms with Gasteiger partial charge in [-0.1, -0.05) is 35.3 Å². The molecule has 1 amide bonds. The summed E-state index contributed by atoms with van der Waals surface area (Å²) in [6, 6.07) is 12.7. The van der Waals surface area contributed by atoms with Gasteiger partial charge < -0.3 is 14.8 Å². The van der Waals surface area contributed by atoms with Crippen LogP contribution in [0.25, 0.3) is 0 Å². The lowest BCUT2D eigenvalue weighted by Gasteiger charge is -2.09. The summed E-state index contributed by atoms with van der Waals surface area (Å²) in [4.78, 5) is 17.4. The van der Waals surface area contributed by atoms with E-state index < -0.39 is 0 Å². The summed E-state index contributed by atoms with van der Waals surface area (Å²) in [5, 5.41) is 4.61. The maximum atomic E-state index is 12.1.